The van der Waals surface area contributed by atoms with Crippen molar-refractivity contribution < 1.29 is 0 Å². The lowest BCUT2D eigenvalue weighted by Gasteiger charge is -1.98. The molecule has 0 amide bonds. The van der Waals surface area contributed by atoms with E-state index in [4.69, 9.17) is 5.26 Å². The molecule has 0 heterocycles. The Labute approximate surface area is 57.0 Å². The van der Waals surface area contributed by atoms with Crippen LogP contribution in [0.15, 0.2) is 11.6 Å². The maximum absolute atomic E-state index is 8.36. The van der Waals surface area contributed by atoms with Crippen LogP contribution in [0, 0.1) is 17.2 Å². The smallest absolute Gasteiger partial charge is 0.0940 e. The van der Waals surface area contributed by atoms with Crippen LogP contribution in [0.4, 0.5) is 0 Å². The highest BCUT2D eigenvalue weighted by Crippen LogP contribution is 2.04. The van der Waals surface area contributed by atoms with E-state index in [-0.39, 0.29) is 0 Å². The van der Waals surface area contributed by atoms with E-state index in [1.54, 1.807) is 0 Å². The van der Waals surface area contributed by atoms with Crippen LogP contribution in [-0.2, 0) is 0 Å². The molecular formula is C8H13N. The Bertz CT molecular complexity index is 139. The topological polar surface area (TPSA) is 23.8 Å². The summed E-state index contributed by atoms with van der Waals surface area (Å²) in [5.74, 6) is 0.546. The van der Waals surface area contributed by atoms with E-state index in [0.717, 1.165) is 12.0 Å². The summed E-state index contributed by atoms with van der Waals surface area (Å²) >= 11 is 0. The first-order valence-electron chi connectivity index (χ1n) is 3.29. The third-order valence-electron chi connectivity index (χ3n) is 1.35. The molecule has 0 aliphatic heterocycles. The summed E-state index contributed by atoms with van der Waals surface area (Å²) in [7, 11) is 0. The van der Waals surface area contributed by atoms with Crippen molar-refractivity contribution in [2.24, 2.45) is 5.92 Å². The van der Waals surface area contributed by atoms with Gasteiger partial charge in [-0.05, 0) is 12.8 Å². The summed E-state index contributed by atoms with van der Waals surface area (Å²) in [5.41, 5.74) is 0.823. The molecule has 0 aromatic rings. The van der Waals surface area contributed by atoms with Crippen molar-refractivity contribution in [3.05, 3.63) is 11.6 Å². The molecule has 9 heavy (non-hydrogen) atoms. The number of nitrogens with zero attached hydrogens (tertiary/aromatic N) is 1. The van der Waals surface area contributed by atoms with Gasteiger partial charge in [-0.25, -0.2) is 0 Å². The van der Waals surface area contributed by atoms with Crippen molar-refractivity contribution in [1.82, 2.24) is 0 Å². The van der Waals surface area contributed by atoms with Crippen LogP contribution in [0.25, 0.3) is 0 Å². The van der Waals surface area contributed by atoms with Gasteiger partial charge >= 0.3 is 0 Å². The summed E-state index contributed by atoms with van der Waals surface area (Å²) in [6.45, 7) is 6.07. The van der Waals surface area contributed by atoms with E-state index in [1.807, 2.05) is 13.0 Å². The molecule has 1 unspecified atom stereocenters. The summed E-state index contributed by atoms with van der Waals surface area (Å²) in [5, 5.41) is 8.36. The van der Waals surface area contributed by atoms with Gasteiger partial charge in [0.15, 0.2) is 0 Å². The lowest BCUT2D eigenvalue weighted by Crippen LogP contribution is -1.85. The first-order valence-corrected chi connectivity index (χ1v) is 3.29. The van der Waals surface area contributed by atoms with Crippen molar-refractivity contribution in [3.63, 3.8) is 0 Å². The molecule has 0 spiro atoms. The van der Waals surface area contributed by atoms with E-state index in [1.165, 1.54) is 0 Å². The molecular weight excluding hydrogens is 110 g/mol. The predicted molar refractivity (Wildman–Crippen MR) is 38.8 cm³/mol. The molecule has 0 rings (SSSR count). The molecule has 0 saturated carbocycles. The highest BCUT2D eigenvalue weighted by molar-refractivity contribution is 5.17. The van der Waals surface area contributed by atoms with Crippen molar-refractivity contribution in [1.29, 1.82) is 5.26 Å². The molecule has 1 nitrogen and oxygen atoms in total. The summed E-state index contributed by atoms with van der Waals surface area (Å²) in [6, 6.07) is 2.09. The fraction of sp³-hybridized carbons (Fsp3) is 0.625. The van der Waals surface area contributed by atoms with Crippen LogP contribution < -0.4 is 0 Å². The van der Waals surface area contributed by atoms with Gasteiger partial charge in [-0.2, -0.15) is 5.26 Å². The van der Waals surface area contributed by atoms with Crippen molar-refractivity contribution >= 4 is 0 Å². The molecule has 1 heteroatoms. The van der Waals surface area contributed by atoms with E-state index in [2.05, 4.69) is 19.9 Å². The third-order valence-corrected chi connectivity index (χ3v) is 1.35. The number of hydrogen-bond donors (Lipinski definition) is 0. The molecule has 0 radical (unpaired) electrons. The Morgan fingerprint density at radius 3 is 2.67 bits per heavy atom. The largest absolute Gasteiger partial charge is 0.193 e. The zero-order valence-electron chi connectivity index (χ0n) is 6.31. The fourth-order valence-electron chi connectivity index (χ4n) is 0.582. The molecule has 0 N–H and O–H groups in total. The number of nitriles is 1. The van der Waals surface area contributed by atoms with E-state index in [9.17, 15) is 0 Å². The van der Waals surface area contributed by atoms with Crippen molar-refractivity contribution in [3.8, 4) is 6.07 Å². The number of allylic oxidation sites excluding steroid dienone is 2. The quantitative estimate of drug-likeness (QED) is 0.517. The van der Waals surface area contributed by atoms with Gasteiger partial charge in [0.2, 0.25) is 0 Å². The Morgan fingerprint density at radius 1 is 1.78 bits per heavy atom. The van der Waals surface area contributed by atoms with Crippen molar-refractivity contribution in [2.75, 3.05) is 0 Å². The minimum Gasteiger partial charge on any atom is -0.193 e. The second-order valence-electron chi connectivity index (χ2n) is 2.35. The zero-order valence-corrected chi connectivity index (χ0v) is 6.31. The van der Waals surface area contributed by atoms with Gasteiger partial charge in [-0.3, -0.25) is 0 Å². The lowest BCUT2D eigenvalue weighted by atomic mass is 10.1. The van der Waals surface area contributed by atoms with Gasteiger partial charge in [0.05, 0.1) is 6.07 Å². The van der Waals surface area contributed by atoms with Crippen molar-refractivity contribution in [2.45, 2.75) is 27.2 Å². The lowest BCUT2D eigenvalue weighted by molar-refractivity contribution is 0.695. The second-order valence-corrected chi connectivity index (χ2v) is 2.35. The Kier molecular flexibility index (Phi) is 3.79. The summed E-state index contributed by atoms with van der Waals surface area (Å²) in [6.07, 6.45) is 3.11. The minimum absolute atomic E-state index is 0.546. The monoisotopic (exact) mass is 123 g/mol. The van der Waals surface area contributed by atoms with Crippen LogP contribution >= 0.6 is 0 Å². The van der Waals surface area contributed by atoms with E-state index in [0.29, 0.717) is 5.92 Å². The third kappa shape index (κ3) is 3.78. The predicted octanol–water partition coefficient (Wildman–Crippen LogP) is 2.50. The van der Waals surface area contributed by atoms with Crippen LogP contribution in [0.5, 0.6) is 0 Å². The Morgan fingerprint density at radius 2 is 2.33 bits per heavy atom. The standard InChI is InChI=1S/C8H13N/c1-4-7(2)5-8(3)6-9/h5,7H,4H2,1-3H3/b8-5+. The zero-order chi connectivity index (χ0) is 7.28. The Balaban J connectivity index is 3.83. The molecule has 50 valence electrons. The molecule has 0 aliphatic rings. The van der Waals surface area contributed by atoms with Crippen LogP contribution in [0.1, 0.15) is 27.2 Å². The molecule has 0 aromatic heterocycles. The molecule has 0 aliphatic carbocycles. The SMILES string of the molecule is CCC(C)/C=C(\C)C#N. The first-order chi connectivity index (χ1) is 4.20. The molecule has 0 fully saturated rings. The van der Waals surface area contributed by atoms with Gasteiger partial charge in [0, 0.05) is 5.57 Å². The Hall–Kier alpha value is -0.770. The van der Waals surface area contributed by atoms with Gasteiger partial charge in [-0.15, -0.1) is 0 Å². The summed E-state index contributed by atoms with van der Waals surface area (Å²) < 4.78 is 0. The normalized spacial score (nSPS) is 14.7. The van der Waals surface area contributed by atoms with Gasteiger partial charge in [-0.1, -0.05) is 26.3 Å². The van der Waals surface area contributed by atoms with E-state index >= 15 is 0 Å². The van der Waals surface area contributed by atoms with Crippen LogP contribution in [0.2, 0.25) is 0 Å². The molecule has 0 aromatic carbocycles. The number of rotatable bonds is 2. The first kappa shape index (κ1) is 8.23. The maximum atomic E-state index is 8.36. The minimum atomic E-state index is 0.546. The molecule has 0 saturated heterocycles. The average molecular weight is 123 g/mol. The van der Waals surface area contributed by atoms with Gasteiger partial charge in [0.25, 0.3) is 0 Å². The average Bonchev–Trinajstić information content (AvgIpc) is 1.87. The highest BCUT2D eigenvalue weighted by atomic mass is 14.2. The van der Waals surface area contributed by atoms with Crippen LogP contribution in [-0.4, -0.2) is 0 Å². The number of hydrogen-bond acceptors (Lipinski definition) is 1. The summed E-state index contributed by atoms with van der Waals surface area (Å²) in [4.78, 5) is 0. The molecule has 1 atom stereocenters. The highest BCUT2D eigenvalue weighted by Gasteiger charge is 1.92. The van der Waals surface area contributed by atoms with Crippen LogP contribution in [0.3, 0.4) is 0 Å². The van der Waals surface area contributed by atoms with Gasteiger partial charge < -0.3 is 0 Å². The maximum Gasteiger partial charge on any atom is 0.0940 e. The second kappa shape index (κ2) is 4.14. The van der Waals surface area contributed by atoms with Gasteiger partial charge in [0.1, 0.15) is 0 Å². The molecule has 0 bridgehead atoms. The van der Waals surface area contributed by atoms with E-state index < -0.39 is 0 Å². The fourth-order valence-corrected chi connectivity index (χ4v) is 0.582.